The van der Waals surface area contributed by atoms with Crippen molar-refractivity contribution in [2.24, 2.45) is 0 Å². The molecule has 0 fully saturated rings. The highest BCUT2D eigenvalue weighted by Crippen LogP contribution is 2.25. The Bertz CT molecular complexity index is 68.5. The molecule has 0 aromatic rings. The predicted octanol–water partition coefficient (Wildman–Crippen LogP) is 2.24. The Hall–Kier alpha value is 0.100. The molecular weight excluding hydrogens is 107 g/mol. The monoisotopic (exact) mass is 119 g/mol. The SMILES string of the molecule is CC[P+](=O)C(C)C. The minimum absolute atomic E-state index is 0.375. The molecule has 0 aliphatic carbocycles. The lowest BCUT2D eigenvalue weighted by atomic mass is 10.6. The molecule has 1 atom stereocenters. The molecule has 0 saturated heterocycles. The summed E-state index contributed by atoms with van der Waals surface area (Å²) in [4.78, 5) is 0. The summed E-state index contributed by atoms with van der Waals surface area (Å²) in [7, 11) is -0.887. The van der Waals surface area contributed by atoms with Crippen LogP contribution in [0, 0.1) is 0 Å². The van der Waals surface area contributed by atoms with Crippen molar-refractivity contribution in [3.63, 3.8) is 0 Å². The molecule has 0 saturated carbocycles. The molecule has 7 heavy (non-hydrogen) atoms. The van der Waals surface area contributed by atoms with Crippen LogP contribution in [0.25, 0.3) is 0 Å². The van der Waals surface area contributed by atoms with Crippen LogP contribution in [0.1, 0.15) is 20.8 Å². The van der Waals surface area contributed by atoms with E-state index in [-0.39, 0.29) is 0 Å². The molecular formula is C5H12OP+. The smallest absolute Gasteiger partial charge is 0.0746 e. The highest BCUT2D eigenvalue weighted by Gasteiger charge is 2.15. The van der Waals surface area contributed by atoms with Gasteiger partial charge < -0.3 is 0 Å². The molecule has 0 aromatic carbocycles. The van der Waals surface area contributed by atoms with Crippen molar-refractivity contribution in [2.75, 3.05) is 6.16 Å². The molecule has 1 nitrogen and oxygen atoms in total. The van der Waals surface area contributed by atoms with Crippen molar-refractivity contribution in [1.29, 1.82) is 0 Å². The van der Waals surface area contributed by atoms with Gasteiger partial charge in [0.15, 0.2) is 0 Å². The zero-order valence-corrected chi connectivity index (χ0v) is 6.03. The molecule has 0 amide bonds. The van der Waals surface area contributed by atoms with Crippen molar-refractivity contribution in [2.45, 2.75) is 26.4 Å². The largest absolute Gasteiger partial charge is 0.340 e. The molecule has 0 rings (SSSR count). The van der Waals surface area contributed by atoms with Crippen LogP contribution in [0.5, 0.6) is 0 Å². The fourth-order valence-corrected chi connectivity index (χ4v) is 1.10. The minimum atomic E-state index is -0.887. The van der Waals surface area contributed by atoms with Gasteiger partial charge >= 0.3 is 7.80 Å². The lowest BCUT2D eigenvalue weighted by Crippen LogP contribution is -1.85. The Balaban J connectivity index is 3.35. The van der Waals surface area contributed by atoms with E-state index in [1.54, 1.807) is 0 Å². The van der Waals surface area contributed by atoms with Crippen molar-refractivity contribution >= 4 is 7.80 Å². The first-order valence-corrected chi connectivity index (χ1v) is 4.13. The molecule has 0 radical (unpaired) electrons. The summed E-state index contributed by atoms with van der Waals surface area (Å²) in [5, 5.41) is 0. The maximum Gasteiger partial charge on any atom is 0.340 e. The predicted molar refractivity (Wildman–Crippen MR) is 33.3 cm³/mol. The van der Waals surface area contributed by atoms with Crippen LogP contribution in [-0.2, 0) is 4.57 Å². The molecule has 0 aromatic heterocycles. The van der Waals surface area contributed by atoms with Gasteiger partial charge in [-0.05, 0) is 20.8 Å². The summed E-state index contributed by atoms with van der Waals surface area (Å²) >= 11 is 0. The third kappa shape index (κ3) is 2.76. The Morgan fingerprint density at radius 3 is 2.00 bits per heavy atom. The van der Waals surface area contributed by atoms with Crippen molar-refractivity contribution < 1.29 is 4.57 Å². The van der Waals surface area contributed by atoms with E-state index in [0.717, 1.165) is 6.16 Å². The van der Waals surface area contributed by atoms with E-state index < -0.39 is 7.80 Å². The Labute approximate surface area is 45.9 Å². The van der Waals surface area contributed by atoms with E-state index in [9.17, 15) is 4.57 Å². The van der Waals surface area contributed by atoms with Gasteiger partial charge in [-0.1, -0.05) is 4.57 Å². The lowest BCUT2D eigenvalue weighted by molar-refractivity contribution is 0.583. The molecule has 1 unspecified atom stereocenters. The normalized spacial score (nSPS) is 12.3. The highest BCUT2D eigenvalue weighted by molar-refractivity contribution is 7.45. The molecule has 0 heterocycles. The quantitative estimate of drug-likeness (QED) is 0.509. The van der Waals surface area contributed by atoms with Gasteiger partial charge in [0.1, 0.15) is 11.8 Å². The maximum absolute atomic E-state index is 10.7. The summed E-state index contributed by atoms with van der Waals surface area (Å²) in [6.45, 7) is 5.93. The van der Waals surface area contributed by atoms with Crippen LogP contribution in [0.4, 0.5) is 0 Å². The van der Waals surface area contributed by atoms with E-state index in [1.165, 1.54) is 0 Å². The van der Waals surface area contributed by atoms with E-state index in [0.29, 0.717) is 5.66 Å². The molecule has 0 N–H and O–H groups in total. The average Bonchev–Trinajstić information content (AvgIpc) is 1.65. The van der Waals surface area contributed by atoms with Gasteiger partial charge in [-0.25, -0.2) is 0 Å². The Morgan fingerprint density at radius 2 is 2.00 bits per heavy atom. The van der Waals surface area contributed by atoms with E-state index in [2.05, 4.69) is 0 Å². The maximum atomic E-state index is 10.7. The first kappa shape index (κ1) is 7.10. The number of rotatable bonds is 2. The van der Waals surface area contributed by atoms with Crippen molar-refractivity contribution in [3.8, 4) is 0 Å². The molecule has 0 aliphatic heterocycles. The summed E-state index contributed by atoms with van der Waals surface area (Å²) < 4.78 is 10.7. The number of hydrogen-bond acceptors (Lipinski definition) is 1. The fraction of sp³-hybridized carbons (Fsp3) is 1.00. The second kappa shape index (κ2) is 3.15. The third-order valence-corrected chi connectivity index (χ3v) is 2.66. The standard InChI is InChI=1S/C5H12OP/c1-4-7(6)5(2)3/h5H,4H2,1-3H3/q+1. The fourth-order valence-electron chi connectivity index (χ4n) is 0.365. The van der Waals surface area contributed by atoms with Crippen LogP contribution in [0.3, 0.4) is 0 Å². The van der Waals surface area contributed by atoms with Gasteiger partial charge in [0.2, 0.25) is 0 Å². The van der Waals surface area contributed by atoms with Crippen LogP contribution in [-0.4, -0.2) is 11.8 Å². The number of hydrogen-bond donors (Lipinski definition) is 0. The average molecular weight is 119 g/mol. The van der Waals surface area contributed by atoms with Gasteiger partial charge in [0, 0.05) is 0 Å². The van der Waals surface area contributed by atoms with Crippen LogP contribution in [0.15, 0.2) is 0 Å². The Morgan fingerprint density at radius 1 is 1.57 bits per heavy atom. The highest BCUT2D eigenvalue weighted by atomic mass is 31.1. The topological polar surface area (TPSA) is 17.1 Å². The minimum Gasteiger partial charge on any atom is -0.0746 e. The second-order valence-corrected chi connectivity index (χ2v) is 4.33. The van der Waals surface area contributed by atoms with Gasteiger partial charge in [0.05, 0.1) is 0 Å². The molecule has 42 valence electrons. The van der Waals surface area contributed by atoms with E-state index >= 15 is 0 Å². The summed E-state index contributed by atoms with van der Waals surface area (Å²) in [5.41, 5.74) is 0.375. The van der Waals surface area contributed by atoms with Crippen molar-refractivity contribution in [3.05, 3.63) is 0 Å². The molecule has 0 spiro atoms. The first-order chi connectivity index (χ1) is 3.18. The van der Waals surface area contributed by atoms with Gasteiger partial charge in [-0.3, -0.25) is 0 Å². The lowest BCUT2D eigenvalue weighted by Gasteiger charge is -1.82. The van der Waals surface area contributed by atoms with Gasteiger partial charge in [-0.15, -0.1) is 0 Å². The summed E-state index contributed by atoms with van der Waals surface area (Å²) in [6.07, 6.45) is 0.826. The molecule has 0 aliphatic rings. The zero-order chi connectivity index (χ0) is 5.86. The van der Waals surface area contributed by atoms with Crippen LogP contribution >= 0.6 is 7.80 Å². The van der Waals surface area contributed by atoms with Gasteiger partial charge in [0.25, 0.3) is 0 Å². The molecule has 2 heteroatoms. The Kier molecular flexibility index (Phi) is 3.19. The van der Waals surface area contributed by atoms with E-state index in [4.69, 9.17) is 0 Å². The van der Waals surface area contributed by atoms with Crippen LogP contribution in [0.2, 0.25) is 0 Å². The first-order valence-electron chi connectivity index (χ1n) is 2.62. The summed E-state index contributed by atoms with van der Waals surface area (Å²) in [6, 6.07) is 0. The zero-order valence-electron chi connectivity index (χ0n) is 5.14. The van der Waals surface area contributed by atoms with Crippen molar-refractivity contribution in [1.82, 2.24) is 0 Å². The second-order valence-electron chi connectivity index (χ2n) is 1.83. The van der Waals surface area contributed by atoms with Crippen LogP contribution < -0.4 is 0 Å². The summed E-state index contributed by atoms with van der Waals surface area (Å²) in [5.74, 6) is 0. The van der Waals surface area contributed by atoms with E-state index in [1.807, 2.05) is 20.8 Å². The third-order valence-electron chi connectivity index (χ3n) is 0.888. The van der Waals surface area contributed by atoms with Gasteiger partial charge in [-0.2, -0.15) is 0 Å². The molecule has 0 bridgehead atoms.